The van der Waals surface area contributed by atoms with E-state index in [1.807, 2.05) is 6.07 Å². The molecule has 1 aromatic carbocycles. The van der Waals surface area contributed by atoms with Gasteiger partial charge in [0.15, 0.2) is 0 Å². The minimum atomic E-state index is -3.72. The minimum Gasteiger partial charge on any atom is -0.282 e. The van der Waals surface area contributed by atoms with E-state index >= 15 is 0 Å². The molecule has 1 aliphatic rings. The van der Waals surface area contributed by atoms with E-state index in [2.05, 4.69) is 20.7 Å². The molecule has 1 aromatic rings. The van der Waals surface area contributed by atoms with Gasteiger partial charge < -0.3 is 0 Å². The van der Waals surface area contributed by atoms with Gasteiger partial charge in [0.05, 0.1) is 28.0 Å². The number of sulfonamides is 1. The van der Waals surface area contributed by atoms with Crippen LogP contribution in [-0.2, 0) is 19.9 Å². The highest BCUT2D eigenvalue weighted by atomic mass is 79.9. The van der Waals surface area contributed by atoms with Crippen LogP contribution in [0.2, 0.25) is 0 Å². The Hall–Kier alpha value is -1.11. The van der Waals surface area contributed by atoms with Crippen LogP contribution in [0, 0.1) is 11.3 Å². The Balaban J connectivity index is 2.23. The predicted octanol–water partition coefficient (Wildman–Crippen LogP) is 1.64. The number of nitrogens with one attached hydrogen (secondary N) is 1. The number of hydrogen-bond acceptors (Lipinski definition) is 5. The quantitative estimate of drug-likeness (QED) is 0.841. The monoisotopic (exact) mass is 392 g/mol. The van der Waals surface area contributed by atoms with Gasteiger partial charge in [0.1, 0.15) is 15.9 Å². The second kappa shape index (κ2) is 5.94. The molecular formula is C12H13BrN2O4S2. The number of hydrogen-bond donors (Lipinski definition) is 1. The van der Waals surface area contributed by atoms with Crippen molar-refractivity contribution in [1.29, 1.82) is 5.26 Å². The van der Waals surface area contributed by atoms with Crippen molar-refractivity contribution in [3.63, 3.8) is 0 Å². The molecule has 0 radical (unpaired) electrons. The Bertz CT molecular complexity index is 783. The second-order valence-electron chi connectivity index (χ2n) is 4.80. The molecule has 1 aliphatic heterocycles. The lowest BCUT2D eigenvalue weighted by molar-refractivity contribution is 0.555. The van der Waals surface area contributed by atoms with Gasteiger partial charge in [0.25, 0.3) is 0 Å². The fourth-order valence-corrected chi connectivity index (χ4v) is 5.76. The predicted molar refractivity (Wildman–Crippen MR) is 83.1 cm³/mol. The fraction of sp³-hybridized carbons (Fsp3) is 0.417. The molecule has 0 unspecified atom stereocenters. The van der Waals surface area contributed by atoms with Gasteiger partial charge in [-0.15, -0.1) is 0 Å². The first-order chi connectivity index (χ1) is 9.73. The molecule has 1 heterocycles. The van der Waals surface area contributed by atoms with Gasteiger partial charge in [-0.1, -0.05) is 15.9 Å². The highest BCUT2D eigenvalue weighted by Crippen LogP contribution is 2.25. The van der Waals surface area contributed by atoms with Gasteiger partial charge in [-0.05, 0) is 31.0 Å². The molecule has 0 aliphatic carbocycles. The van der Waals surface area contributed by atoms with Crippen LogP contribution in [0.1, 0.15) is 18.4 Å². The molecule has 9 heteroatoms. The molecular weight excluding hydrogens is 380 g/mol. The average Bonchev–Trinajstić information content (AvgIpc) is 2.38. The number of nitriles is 1. The van der Waals surface area contributed by atoms with E-state index in [-0.39, 0.29) is 35.6 Å². The number of nitrogens with zero attached hydrogens (tertiary/aromatic N) is 1. The van der Waals surface area contributed by atoms with E-state index in [0.29, 0.717) is 4.47 Å². The van der Waals surface area contributed by atoms with Crippen LogP contribution in [0.4, 0.5) is 5.69 Å². The zero-order chi connectivity index (χ0) is 15.7. The van der Waals surface area contributed by atoms with E-state index in [1.54, 1.807) is 6.07 Å². The van der Waals surface area contributed by atoms with Gasteiger partial charge in [-0.3, -0.25) is 4.72 Å². The normalized spacial score (nSPS) is 18.9. The van der Waals surface area contributed by atoms with E-state index in [1.165, 1.54) is 12.1 Å². The topological polar surface area (TPSA) is 104 Å². The summed E-state index contributed by atoms with van der Waals surface area (Å²) in [5.74, 6) is -0.246. The summed E-state index contributed by atoms with van der Waals surface area (Å²) in [6.07, 6.45) is 0.154. The molecule has 0 spiro atoms. The third-order valence-corrected chi connectivity index (χ3v) is 7.36. The summed E-state index contributed by atoms with van der Waals surface area (Å²) in [5, 5.41) is 8.25. The number of benzene rings is 1. The molecule has 0 atom stereocenters. The van der Waals surface area contributed by atoms with Crippen molar-refractivity contribution in [3.05, 3.63) is 28.2 Å². The zero-order valence-electron chi connectivity index (χ0n) is 10.9. The molecule has 1 N–H and O–H groups in total. The first-order valence-electron chi connectivity index (χ1n) is 6.15. The maximum absolute atomic E-state index is 12.3. The highest BCUT2D eigenvalue weighted by Gasteiger charge is 2.33. The third kappa shape index (κ3) is 3.96. The van der Waals surface area contributed by atoms with Crippen LogP contribution in [-0.4, -0.2) is 33.6 Å². The first kappa shape index (κ1) is 16.3. The third-order valence-electron chi connectivity index (χ3n) is 3.29. The van der Waals surface area contributed by atoms with Crippen molar-refractivity contribution in [3.8, 4) is 6.07 Å². The van der Waals surface area contributed by atoms with Gasteiger partial charge in [0, 0.05) is 4.47 Å². The molecule has 1 saturated heterocycles. The highest BCUT2D eigenvalue weighted by molar-refractivity contribution is 9.10. The zero-order valence-corrected chi connectivity index (χ0v) is 14.1. The second-order valence-corrected chi connectivity index (χ2v) is 9.98. The Labute approximate surface area is 132 Å². The fourth-order valence-electron chi connectivity index (χ4n) is 2.11. The van der Waals surface area contributed by atoms with E-state index in [0.717, 1.165) is 0 Å². The van der Waals surface area contributed by atoms with Crippen molar-refractivity contribution < 1.29 is 16.8 Å². The largest absolute Gasteiger partial charge is 0.282 e. The molecule has 2 rings (SSSR count). The Morgan fingerprint density at radius 2 is 1.90 bits per heavy atom. The molecule has 21 heavy (non-hydrogen) atoms. The summed E-state index contributed by atoms with van der Waals surface area (Å²) >= 11 is 3.22. The van der Waals surface area contributed by atoms with Crippen LogP contribution in [0.25, 0.3) is 0 Å². The van der Waals surface area contributed by atoms with Gasteiger partial charge >= 0.3 is 0 Å². The Kier molecular flexibility index (Phi) is 4.60. The summed E-state index contributed by atoms with van der Waals surface area (Å²) < 4.78 is 50.4. The molecule has 0 aromatic heterocycles. The molecule has 0 saturated carbocycles. The summed E-state index contributed by atoms with van der Waals surface area (Å²) in [4.78, 5) is 0. The van der Waals surface area contributed by atoms with Crippen molar-refractivity contribution in [2.24, 2.45) is 0 Å². The molecule has 6 nitrogen and oxygen atoms in total. The summed E-state index contributed by atoms with van der Waals surface area (Å²) in [6.45, 7) is 0. The molecule has 0 bridgehead atoms. The summed E-state index contributed by atoms with van der Waals surface area (Å²) in [6, 6.07) is 6.58. The SMILES string of the molecule is N#Cc1ccc(Br)cc1NS(=O)(=O)C1CCS(=O)(=O)CC1. The lowest BCUT2D eigenvalue weighted by atomic mass is 10.2. The standard InChI is InChI=1S/C12H13BrN2O4S2/c13-10-2-1-9(8-14)12(7-10)15-21(18,19)11-3-5-20(16,17)6-4-11/h1-2,7,11,15H,3-6H2. The minimum absolute atomic E-state index is 0.0769. The van der Waals surface area contributed by atoms with E-state index in [4.69, 9.17) is 5.26 Å². The van der Waals surface area contributed by atoms with Crippen LogP contribution in [0.5, 0.6) is 0 Å². The van der Waals surface area contributed by atoms with E-state index in [9.17, 15) is 16.8 Å². The van der Waals surface area contributed by atoms with Crippen molar-refractivity contribution >= 4 is 41.5 Å². The summed E-state index contributed by atoms with van der Waals surface area (Å²) in [7, 11) is -6.84. The Morgan fingerprint density at radius 1 is 1.29 bits per heavy atom. The Morgan fingerprint density at radius 3 is 2.48 bits per heavy atom. The van der Waals surface area contributed by atoms with E-state index < -0.39 is 25.1 Å². The first-order valence-corrected chi connectivity index (χ1v) is 10.3. The number of sulfone groups is 1. The lowest BCUT2D eigenvalue weighted by Crippen LogP contribution is -2.36. The number of rotatable bonds is 3. The number of halogens is 1. The maximum atomic E-state index is 12.3. The summed E-state index contributed by atoms with van der Waals surface area (Å²) in [5.41, 5.74) is 0.408. The van der Waals surface area contributed by atoms with Crippen molar-refractivity contribution in [2.75, 3.05) is 16.2 Å². The van der Waals surface area contributed by atoms with Crippen LogP contribution >= 0.6 is 15.9 Å². The lowest BCUT2D eigenvalue weighted by Gasteiger charge is -2.23. The van der Waals surface area contributed by atoms with Crippen molar-refractivity contribution in [2.45, 2.75) is 18.1 Å². The maximum Gasteiger partial charge on any atom is 0.235 e. The van der Waals surface area contributed by atoms with Crippen LogP contribution in [0.15, 0.2) is 22.7 Å². The molecule has 0 amide bonds. The number of anilines is 1. The van der Waals surface area contributed by atoms with Gasteiger partial charge in [0.2, 0.25) is 10.0 Å². The van der Waals surface area contributed by atoms with Gasteiger partial charge in [-0.2, -0.15) is 5.26 Å². The molecule has 1 fully saturated rings. The van der Waals surface area contributed by atoms with Gasteiger partial charge in [-0.25, -0.2) is 16.8 Å². The van der Waals surface area contributed by atoms with Crippen LogP contribution < -0.4 is 4.72 Å². The van der Waals surface area contributed by atoms with Crippen LogP contribution in [0.3, 0.4) is 0 Å². The smallest absolute Gasteiger partial charge is 0.235 e. The van der Waals surface area contributed by atoms with Crippen molar-refractivity contribution in [1.82, 2.24) is 0 Å². The molecule has 114 valence electrons. The average molecular weight is 393 g/mol.